The number of nitrogens with zero attached hydrogens (tertiary/aromatic N) is 3. The second-order valence-corrected chi connectivity index (χ2v) is 14.0. The fourth-order valence-electron chi connectivity index (χ4n) is 2.60. The van der Waals surface area contributed by atoms with Gasteiger partial charge in [0.25, 0.3) is 0 Å². The molecule has 136 valence electrons. The molecule has 3 heterocycles. The molecule has 0 bridgehead atoms. The molecule has 0 amide bonds. The van der Waals surface area contributed by atoms with Crippen molar-refractivity contribution in [2.75, 3.05) is 6.61 Å². The summed E-state index contributed by atoms with van der Waals surface area (Å²) >= 11 is 3.44. The first-order valence-corrected chi connectivity index (χ1v) is 13.0. The minimum absolute atomic E-state index is 0.114. The fraction of sp³-hybridized carbons (Fsp3) is 0.316. The number of fused-ring (bicyclic) bond motifs is 1. The fourth-order valence-corrected chi connectivity index (χ4v) is 3.69. The van der Waals surface area contributed by atoms with Gasteiger partial charge in [-0.25, -0.2) is 4.98 Å². The molecule has 0 aromatic carbocycles. The second-order valence-electron chi connectivity index (χ2n) is 7.43. The van der Waals surface area contributed by atoms with Gasteiger partial charge in [0.2, 0.25) is 5.78 Å². The first-order valence-electron chi connectivity index (χ1n) is 8.53. The van der Waals surface area contributed by atoms with Gasteiger partial charge in [0.15, 0.2) is 0 Å². The van der Waals surface area contributed by atoms with E-state index < -0.39 is 8.07 Å². The summed E-state index contributed by atoms with van der Waals surface area (Å²) in [4.78, 5) is 21.5. The number of hydrogen-bond acceptors (Lipinski definition) is 4. The number of carbonyl (C=O) groups is 1. The Bertz CT molecular complexity index is 920. The summed E-state index contributed by atoms with van der Waals surface area (Å²) in [7, 11) is -1.13. The van der Waals surface area contributed by atoms with Crippen molar-refractivity contribution in [1.29, 1.82) is 0 Å². The molecule has 0 unspecified atom stereocenters. The van der Waals surface area contributed by atoms with E-state index >= 15 is 0 Å². The maximum absolute atomic E-state index is 12.9. The number of ether oxygens (including phenoxy) is 1. The summed E-state index contributed by atoms with van der Waals surface area (Å²) in [6, 6.07) is 8.35. The van der Waals surface area contributed by atoms with Crippen molar-refractivity contribution in [2.45, 2.75) is 32.4 Å². The van der Waals surface area contributed by atoms with Crippen LogP contribution in [-0.4, -0.2) is 35.0 Å². The van der Waals surface area contributed by atoms with Crippen molar-refractivity contribution < 1.29 is 9.53 Å². The van der Waals surface area contributed by atoms with Crippen LogP contribution in [0.15, 0.2) is 47.3 Å². The standard InChI is InChI=1S/C19H22BrN3O2Si/c1-26(2,3)9-8-25-13-23-12-16(15-10-14(20)11-22-19(15)23)18(24)17-6-4-5-7-21-17/h4-7,10-12H,8-9,13H2,1-3H3. The van der Waals surface area contributed by atoms with Gasteiger partial charge >= 0.3 is 0 Å². The van der Waals surface area contributed by atoms with Crippen molar-refractivity contribution in [3.05, 3.63) is 58.6 Å². The predicted octanol–water partition coefficient (Wildman–Crippen LogP) is 4.74. The van der Waals surface area contributed by atoms with E-state index in [1.807, 2.05) is 22.9 Å². The van der Waals surface area contributed by atoms with Gasteiger partial charge in [-0.05, 0) is 40.2 Å². The van der Waals surface area contributed by atoms with Gasteiger partial charge in [0.1, 0.15) is 18.1 Å². The van der Waals surface area contributed by atoms with Crippen molar-refractivity contribution in [3.8, 4) is 0 Å². The Morgan fingerprint density at radius 3 is 2.77 bits per heavy atom. The molecule has 0 radical (unpaired) electrons. The molecule has 0 spiro atoms. The summed E-state index contributed by atoms with van der Waals surface area (Å²) in [6.07, 6.45) is 5.17. The summed E-state index contributed by atoms with van der Waals surface area (Å²) < 4.78 is 8.57. The van der Waals surface area contributed by atoms with Gasteiger partial charge in [-0.15, -0.1) is 0 Å². The van der Waals surface area contributed by atoms with E-state index in [-0.39, 0.29) is 5.78 Å². The molecule has 0 atom stereocenters. The smallest absolute Gasteiger partial charge is 0.213 e. The maximum atomic E-state index is 12.9. The molecule has 5 nitrogen and oxygen atoms in total. The number of halogens is 1. The normalized spacial score (nSPS) is 11.8. The highest BCUT2D eigenvalue weighted by atomic mass is 79.9. The summed E-state index contributed by atoms with van der Waals surface area (Å²) in [5.41, 5.74) is 1.74. The highest BCUT2D eigenvalue weighted by molar-refractivity contribution is 9.10. The first kappa shape index (κ1) is 18.9. The average Bonchev–Trinajstić information content (AvgIpc) is 2.96. The Hall–Kier alpha value is -1.83. The molecule has 0 N–H and O–H groups in total. The van der Waals surface area contributed by atoms with Crippen LogP contribution in [0.3, 0.4) is 0 Å². The lowest BCUT2D eigenvalue weighted by Gasteiger charge is -2.15. The highest BCUT2D eigenvalue weighted by Gasteiger charge is 2.19. The SMILES string of the molecule is C[Si](C)(C)CCOCn1cc(C(=O)c2ccccn2)c2cc(Br)cnc21. The molecule has 26 heavy (non-hydrogen) atoms. The largest absolute Gasteiger partial charge is 0.361 e. The van der Waals surface area contributed by atoms with Crippen LogP contribution >= 0.6 is 15.9 Å². The molecule has 0 saturated heterocycles. The molecule has 7 heteroatoms. The third kappa shape index (κ3) is 4.46. The van der Waals surface area contributed by atoms with E-state index in [9.17, 15) is 4.79 Å². The topological polar surface area (TPSA) is 57.0 Å². The number of ketones is 1. The Morgan fingerprint density at radius 2 is 2.08 bits per heavy atom. The highest BCUT2D eigenvalue weighted by Crippen LogP contribution is 2.25. The van der Waals surface area contributed by atoms with Gasteiger partial charge in [-0.2, -0.15) is 0 Å². The van der Waals surface area contributed by atoms with Crippen LogP contribution in [0.25, 0.3) is 11.0 Å². The maximum Gasteiger partial charge on any atom is 0.213 e. The first-order chi connectivity index (χ1) is 12.3. The van der Waals surface area contributed by atoms with Crippen LogP contribution in [0.2, 0.25) is 25.7 Å². The van der Waals surface area contributed by atoms with Crippen LogP contribution in [0.5, 0.6) is 0 Å². The molecule has 0 aliphatic carbocycles. The van der Waals surface area contributed by atoms with E-state index in [2.05, 4.69) is 45.5 Å². The van der Waals surface area contributed by atoms with Gasteiger partial charge in [0, 0.05) is 43.1 Å². The zero-order chi connectivity index (χ0) is 18.7. The Morgan fingerprint density at radius 1 is 1.27 bits per heavy atom. The molecule has 0 saturated carbocycles. The zero-order valence-corrected chi connectivity index (χ0v) is 17.8. The Labute approximate surface area is 162 Å². The Balaban J connectivity index is 1.89. The zero-order valence-electron chi connectivity index (χ0n) is 15.2. The average molecular weight is 432 g/mol. The van der Waals surface area contributed by atoms with Gasteiger partial charge in [0.05, 0.1) is 5.56 Å². The predicted molar refractivity (Wildman–Crippen MR) is 109 cm³/mol. The lowest BCUT2D eigenvalue weighted by atomic mass is 10.1. The van der Waals surface area contributed by atoms with Gasteiger partial charge in [-0.1, -0.05) is 25.7 Å². The van der Waals surface area contributed by atoms with E-state index in [0.717, 1.165) is 28.2 Å². The molecule has 3 aromatic rings. The van der Waals surface area contributed by atoms with Crippen LogP contribution in [0, 0.1) is 0 Å². The monoisotopic (exact) mass is 431 g/mol. The molecular weight excluding hydrogens is 410 g/mol. The third-order valence-electron chi connectivity index (χ3n) is 4.05. The number of carbonyl (C=O) groups excluding carboxylic acids is 1. The summed E-state index contributed by atoms with van der Waals surface area (Å²) in [5.74, 6) is -0.114. The minimum atomic E-state index is -1.13. The quantitative estimate of drug-likeness (QED) is 0.308. The van der Waals surface area contributed by atoms with Gasteiger partial charge < -0.3 is 9.30 Å². The molecule has 0 aliphatic heterocycles. The molecular formula is C19H22BrN3O2Si. The van der Waals surface area contributed by atoms with Crippen molar-refractivity contribution >= 4 is 40.8 Å². The second kappa shape index (κ2) is 7.81. The lowest BCUT2D eigenvalue weighted by Crippen LogP contribution is -2.22. The van der Waals surface area contributed by atoms with E-state index in [1.54, 1.807) is 24.5 Å². The summed E-state index contributed by atoms with van der Waals surface area (Å²) in [5, 5.41) is 0.795. The van der Waals surface area contributed by atoms with Crippen LogP contribution in [0.1, 0.15) is 16.1 Å². The number of aromatic nitrogens is 3. The summed E-state index contributed by atoms with van der Waals surface area (Å²) in [6.45, 7) is 8.07. The third-order valence-corrected chi connectivity index (χ3v) is 6.19. The molecule has 0 fully saturated rings. The van der Waals surface area contributed by atoms with E-state index in [0.29, 0.717) is 18.0 Å². The van der Waals surface area contributed by atoms with Gasteiger partial charge in [-0.3, -0.25) is 9.78 Å². The van der Waals surface area contributed by atoms with Crippen molar-refractivity contribution in [2.24, 2.45) is 0 Å². The lowest BCUT2D eigenvalue weighted by molar-refractivity contribution is 0.0896. The van der Waals surface area contributed by atoms with Crippen LogP contribution < -0.4 is 0 Å². The van der Waals surface area contributed by atoms with E-state index in [4.69, 9.17) is 4.74 Å². The van der Waals surface area contributed by atoms with Crippen LogP contribution in [0.4, 0.5) is 0 Å². The molecule has 3 aromatic heterocycles. The van der Waals surface area contributed by atoms with Crippen molar-refractivity contribution in [1.82, 2.24) is 14.5 Å². The van der Waals surface area contributed by atoms with E-state index in [1.165, 1.54) is 0 Å². The Kier molecular flexibility index (Phi) is 5.69. The number of pyridine rings is 2. The number of rotatable bonds is 7. The molecule has 3 rings (SSSR count). The van der Waals surface area contributed by atoms with Crippen molar-refractivity contribution in [3.63, 3.8) is 0 Å². The number of hydrogen-bond donors (Lipinski definition) is 0. The van der Waals surface area contributed by atoms with Crippen LogP contribution in [-0.2, 0) is 11.5 Å². The molecule has 0 aliphatic rings. The minimum Gasteiger partial charge on any atom is -0.361 e.